The van der Waals surface area contributed by atoms with Crippen molar-refractivity contribution in [2.24, 2.45) is 5.92 Å². The van der Waals surface area contributed by atoms with Crippen LogP contribution in [-0.2, 0) is 6.54 Å². The van der Waals surface area contributed by atoms with Gasteiger partial charge < -0.3 is 14.3 Å². The van der Waals surface area contributed by atoms with Crippen molar-refractivity contribution in [3.8, 4) is 11.6 Å². The number of aromatic nitrogens is 3. The summed E-state index contributed by atoms with van der Waals surface area (Å²) in [4.78, 5) is 11.1. The second-order valence-electron chi connectivity index (χ2n) is 6.48. The minimum Gasteiger partial charge on any atom is -0.461 e. The van der Waals surface area contributed by atoms with E-state index in [4.69, 9.17) is 8.94 Å². The van der Waals surface area contributed by atoms with E-state index in [2.05, 4.69) is 31.4 Å². The van der Waals surface area contributed by atoms with Crippen molar-refractivity contribution in [1.29, 1.82) is 0 Å². The second-order valence-corrected chi connectivity index (χ2v) is 6.48. The molecule has 1 saturated heterocycles. The van der Waals surface area contributed by atoms with Gasteiger partial charge in [-0.05, 0) is 49.6 Å². The van der Waals surface area contributed by atoms with Gasteiger partial charge in [0, 0.05) is 19.3 Å². The quantitative estimate of drug-likeness (QED) is 0.739. The molecule has 0 radical (unpaired) electrons. The molecule has 7 nitrogen and oxygen atoms in total. The molecule has 3 aromatic heterocycles. The van der Waals surface area contributed by atoms with Crippen LogP contribution in [0.1, 0.15) is 17.9 Å². The molecular weight excluding hydrogens is 318 g/mol. The van der Waals surface area contributed by atoms with Crippen LogP contribution in [0.25, 0.3) is 11.6 Å². The SMILES string of the molecule is Cc1ccc(NC[C@@H]2CCN(Cc3nc(-c4ccco4)no3)C2)nc1. The fourth-order valence-electron chi connectivity index (χ4n) is 3.06. The summed E-state index contributed by atoms with van der Waals surface area (Å²) in [6.45, 7) is 5.69. The van der Waals surface area contributed by atoms with Crippen LogP contribution >= 0.6 is 0 Å². The van der Waals surface area contributed by atoms with Crippen molar-refractivity contribution in [3.63, 3.8) is 0 Å². The van der Waals surface area contributed by atoms with Crippen LogP contribution in [0.2, 0.25) is 0 Å². The number of anilines is 1. The first kappa shape index (κ1) is 15.8. The highest BCUT2D eigenvalue weighted by atomic mass is 16.5. The van der Waals surface area contributed by atoms with Crippen LogP contribution in [0.15, 0.2) is 45.7 Å². The average molecular weight is 339 g/mol. The second kappa shape index (κ2) is 7.06. The lowest BCUT2D eigenvalue weighted by atomic mass is 10.1. The normalized spacial score (nSPS) is 17.9. The summed E-state index contributed by atoms with van der Waals surface area (Å²) in [7, 11) is 0. The topological polar surface area (TPSA) is 80.2 Å². The average Bonchev–Trinajstić information content (AvgIpc) is 3.36. The molecule has 0 aromatic carbocycles. The van der Waals surface area contributed by atoms with Gasteiger partial charge in [-0.1, -0.05) is 11.2 Å². The van der Waals surface area contributed by atoms with Crippen LogP contribution in [0, 0.1) is 12.8 Å². The minimum absolute atomic E-state index is 0.503. The molecule has 0 saturated carbocycles. The molecule has 25 heavy (non-hydrogen) atoms. The molecule has 1 aliphatic heterocycles. The Balaban J connectivity index is 1.27. The Morgan fingerprint density at radius 2 is 2.28 bits per heavy atom. The first-order chi connectivity index (χ1) is 12.3. The number of furan rings is 1. The molecule has 7 heteroatoms. The van der Waals surface area contributed by atoms with E-state index in [1.165, 1.54) is 5.56 Å². The molecule has 0 aliphatic carbocycles. The van der Waals surface area contributed by atoms with E-state index < -0.39 is 0 Å². The zero-order valence-corrected chi connectivity index (χ0v) is 14.2. The van der Waals surface area contributed by atoms with Crippen LogP contribution in [0.5, 0.6) is 0 Å². The van der Waals surface area contributed by atoms with Crippen molar-refractivity contribution in [3.05, 3.63) is 48.2 Å². The number of pyridine rings is 1. The Morgan fingerprint density at radius 3 is 3.08 bits per heavy atom. The van der Waals surface area contributed by atoms with Gasteiger partial charge in [-0.15, -0.1) is 0 Å². The van der Waals surface area contributed by atoms with Crippen molar-refractivity contribution in [2.45, 2.75) is 19.9 Å². The fraction of sp³-hybridized carbons (Fsp3) is 0.389. The first-order valence-electron chi connectivity index (χ1n) is 8.51. The highest BCUT2D eigenvalue weighted by Crippen LogP contribution is 2.21. The third-order valence-corrected chi connectivity index (χ3v) is 4.42. The largest absolute Gasteiger partial charge is 0.461 e. The van der Waals surface area contributed by atoms with Crippen LogP contribution in [0.3, 0.4) is 0 Å². The van der Waals surface area contributed by atoms with Crippen LogP contribution in [0.4, 0.5) is 5.82 Å². The maximum Gasteiger partial charge on any atom is 0.241 e. The Morgan fingerprint density at radius 1 is 1.32 bits per heavy atom. The summed E-state index contributed by atoms with van der Waals surface area (Å²) in [5.41, 5.74) is 1.17. The predicted octanol–water partition coefficient (Wildman–Crippen LogP) is 2.97. The number of aryl methyl sites for hydroxylation is 1. The molecule has 130 valence electrons. The third-order valence-electron chi connectivity index (χ3n) is 4.42. The Hall–Kier alpha value is -2.67. The monoisotopic (exact) mass is 339 g/mol. The van der Waals surface area contributed by atoms with Gasteiger partial charge in [-0.25, -0.2) is 4.98 Å². The standard InChI is InChI=1S/C18H21N5O2/c1-13-4-5-16(19-9-13)20-10-14-6-7-23(11-14)12-17-21-18(22-25-17)15-3-2-8-24-15/h2-5,8-9,14H,6-7,10-12H2,1H3,(H,19,20)/t14-/m0/s1. The molecular formula is C18H21N5O2. The van der Waals surface area contributed by atoms with Crippen molar-refractivity contribution < 1.29 is 8.94 Å². The number of hydrogen-bond donors (Lipinski definition) is 1. The molecule has 0 unspecified atom stereocenters. The van der Waals surface area contributed by atoms with Gasteiger partial charge in [-0.3, -0.25) is 4.90 Å². The van der Waals surface area contributed by atoms with Crippen LogP contribution < -0.4 is 5.32 Å². The summed E-state index contributed by atoms with van der Waals surface area (Å²) in [6, 6.07) is 7.73. The van der Waals surface area contributed by atoms with Gasteiger partial charge in [0.25, 0.3) is 0 Å². The molecule has 0 amide bonds. The Bertz CT molecular complexity index is 797. The number of nitrogens with zero attached hydrogens (tertiary/aromatic N) is 4. The van der Waals surface area contributed by atoms with Crippen molar-refractivity contribution in [2.75, 3.05) is 25.0 Å². The van der Waals surface area contributed by atoms with Gasteiger partial charge in [-0.2, -0.15) is 4.98 Å². The van der Waals surface area contributed by atoms with Gasteiger partial charge >= 0.3 is 0 Å². The first-order valence-corrected chi connectivity index (χ1v) is 8.51. The molecule has 0 spiro atoms. The number of likely N-dealkylation sites (tertiary alicyclic amines) is 1. The Kier molecular flexibility index (Phi) is 4.47. The maximum atomic E-state index is 5.34. The number of rotatable bonds is 6. The molecule has 0 bridgehead atoms. The van der Waals surface area contributed by atoms with Gasteiger partial charge in [0.2, 0.25) is 11.7 Å². The smallest absolute Gasteiger partial charge is 0.241 e. The van der Waals surface area contributed by atoms with Crippen molar-refractivity contribution in [1.82, 2.24) is 20.0 Å². The zero-order valence-electron chi connectivity index (χ0n) is 14.2. The number of nitrogens with one attached hydrogen (secondary N) is 1. The van der Waals surface area contributed by atoms with Crippen LogP contribution in [-0.4, -0.2) is 39.7 Å². The van der Waals surface area contributed by atoms with E-state index in [-0.39, 0.29) is 0 Å². The Labute approximate surface area is 146 Å². The lowest BCUT2D eigenvalue weighted by Gasteiger charge is -2.14. The summed E-state index contributed by atoms with van der Waals surface area (Å²) in [5.74, 6) is 3.28. The summed E-state index contributed by atoms with van der Waals surface area (Å²) in [6.07, 6.45) is 4.64. The van der Waals surface area contributed by atoms with Gasteiger partial charge in [0.1, 0.15) is 5.82 Å². The third kappa shape index (κ3) is 3.88. The van der Waals surface area contributed by atoms with Gasteiger partial charge in [0.05, 0.1) is 12.8 Å². The summed E-state index contributed by atoms with van der Waals surface area (Å²) >= 11 is 0. The lowest BCUT2D eigenvalue weighted by Crippen LogP contribution is -2.23. The summed E-state index contributed by atoms with van der Waals surface area (Å²) < 4.78 is 10.6. The van der Waals surface area contributed by atoms with E-state index in [0.717, 1.165) is 31.9 Å². The predicted molar refractivity (Wildman–Crippen MR) is 92.8 cm³/mol. The molecule has 1 aliphatic rings. The molecule has 4 heterocycles. The number of hydrogen-bond acceptors (Lipinski definition) is 7. The highest BCUT2D eigenvalue weighted by molar-refractivity contribution is 5.44. The minimum atomic E-state index is 0.503. The maximum absolute atomic E-state index is 5.34. The van der Waals surface area contributed by atoms with E-state index in [9.17, 15) is 0 Å². The molecule has 3 aromatic rings. The molecule has 1 N–H and O–H groups in total. The van der Waals surface area contributed by atoms with E-state index in [0.29, 0.717) is 29.9 Å². The molecule has 1 fully saturated rings. The zero-order chi connectivity index (χ0) is 17.1. The lowest BCUT2D eigenvalue weighted by molar-refractivity contribution is 0.261. The van der Waals surface area contributed by atoms with Gasteiger partial charge in [0.15, 0.2) is 5.76 Å². The van der Waals surface area contributed by atoms with Crippen molar-refractivity contribution >= 4 is 5.82 Å². The van der Waals surface area contributed by atoms with E-state index in [1.807, 2.05) is 31.3 Å². The van der Waals surface area contributed by atoms with E-state index in [1.54, 1.807) is 6.26 Å². The van der Waals surface area contributed by atoms with E-state index >= 15 is 0 Å². The molecule has 4 rings (SSSR count). The highest BCUT2D eigenvalue weighted by Gasteiger charge is 2.24. The summed E-state index contributed by atoms with van der Waals surface area (Å²) in [5, 5.41) is 7.39. The fourth-order valence-corrected chi connectivity index (χ4v) is 3.06. The molecule has 1 atom stereocenters.